The molecule has 1 rings (SSSR count). The van der Waals surface area contributed by atoms with E-state index >= 15 is 0 Å². The van der Waals surface area contributed by atoms with E-state index in [0.717, 1.165) is 11.5 Å². The summed E-state index contributed by atoms with van der Waals surface area (Å²) in [6.07, 6.45) is 4.41. The van der Waals surface area contributed by atoms with Crippen LogP contribution in [-0.2, 0) is 11.2 Å². The summed E-state index contributed by atoms with van der Waals surface area (Å²) in [5, 5.41) is 1.01. The molecule has 0 aliphatic carbocycles. The molecule has 0 saturated carbocycles. The number of hydrogen-bond acceptors (Lipinski definition) is 2. The molecule has 1 atom stereocenters. The van der Waals surface area contributed by atoms with Crippen LogP contribution in [0.5, 0.6) is 0 Å². The number of nitrogens with zero attached hydrogens (tertiary/aromatic N) is 1. The Morgan fingerprint density at radius 2 is 2.40 bits per heavy atom. The van der Waals surface area contributed by atoms with Gasteiger partial charge in [0.05, 0.1) is 6.42 Å². The van der Waals surface area contributed by atoms with Crippen molar-refractivity contribution in [2.75, 3.05) is 0 Å². The molecule has 0 fully saturated rings. The SMILES string of the molecule is CC(C)[S+]([O-])C1=NC=CC1. The van der Waals surface area contributed by atoms with Crippen LogP contribution < -0.4 is 0 Å². The van der Waals surface area contributed by atoms with Gasteiger partial charge in [-0.1, -0.05) is 6.08 Å². The summed E-state index contributed by atoms with van der Waals surface area (Å²) < 4.78 is 11.3. The van der Waals surface area contributed by atoms with Gasteiger partial charge in [-0.3, -0.25) is 0 Å². The smallest absolute Gasteiger partial charge is 0.224 e. The largest absolute Gasteiger partial charge is 0.610 e. The molecule has 10 heavy (non-hydrogen) atoms. The Hall–Kier alpha value is -0.280. The fourth-order valence-electron chi connectivity index (χ4n) is 0.748. The Morgan fingerprint density at radius 1 is 1.70 bits per heavy atom. The maximum absolute atomic E-state index is 11.3. The van der Waals surface area contributed by atoms with Gasteiger partial charge in [0, 0.05) is 17.4 Å². The molecule has 1 unspecified atom stereocenters. The Morgan fingerprint density at radius 3 is 2.80 bits per heavy atom. The normalized spacial score (nSPS) is 19.8. The third-order valence-corrected chi connectivity index (χ3v) is 2.87. The lowest BCUT2D eigenvalue weighted by atomic mass is 10.5. The Bertz CT molecular complexity index is 174. The van der Waals surface area contributed by atoms with Gasteiger partial charge in [-0.25, -0.2) is 4.99 Å². The van der Waals surface area contributed by atoms with E-state index in [4.69, 9.17) is 0 Å². The van der Waals surface area contributed by atoms with Crippen molar-refractivity contribution in [1.29, 1.82) is 0 Å². The molecule has 0 N–H and O–H groups in total. The zero-order valence-corrected chi connectivity index (χ0v) is 7.02. The average molecular weight is 157 g/mol. The summed E-state index contributed by atoms with van der Waals surface area (Å²) in [7, 11) is 0. The van der Waals surface area contributed by atoms with E-state index in [1.54, 1.807) is 6.20 Å². The van der Waals surface area contributed by atoms with E-state index in [1.165, 1.54) is 0 Å². The average Bonchev–Trinajstić information content (AvgIpc) is 2.36. The first-order chi connectivity index (χ1) is 4.72. The van der Waals surface area contributed by atoms with Gasteiger partial charge in [-0.15, -0.1) is 0 Å². The van der Waals surface area contributed by atoms with Crippen LogP contribution in [0.1, 0.15) is 20.3 Å². The lowest BCUT2D eigenvalue weighted by Gasteiger charge is -2.12. The van der Waals surface area contributed by atoms with Gasteiger partial charge in [0.25, 0.3) is 0 Å². The van der Waals surface area contributed by atoms with Crippen LogP contribution in [0.2, 0.25) is 0 Å². The van der Waals surface area contributed by atoms with Crippen LogP contribution in [-0.4, -0.2) is 14.8 Å². The second-order valence-electron chi connectivity index (χ2n) is 2.46. The highest BCUT2D eigenvalue weighted by molar-refractivity contribution is 8.06. The molecular weight excluding hydrogens is 146 g/mol. The summed E-state index contributed by atoms with van der Waals surface area (Å²) in [4.78, 5) is 3.99. The van der Waals surface area contributed by atoms with E-state index < -0.39 is 11.2 Å². The topological polar surface area (TPSA) is 35.4 Å². The van der Waals surface area contributed by atoms with E-state index in [1.807, 2.05) is 19.9 Å². The van der Waals surface area contributed by atoms with Crippen molar-refractivity contribution in [2.24, 2.45) is 4.99 Å². The summed E-state index contributed by atoms with van der Waals surface area (Å²) in [6.45, 7) is 3.88. The van der Waals surface area contributed by atoms with Crippen LogP contribution in [0.4, 0.5) is 0 Å². The van der Waals surface area contributed by atoms with Crippen molar-refractivity contribution in [1.82, 2.24) is 0 Å². The van der Waals surface area contributed by atoms with E-state index in [2.05, 4.69) is 4.99 Å². The number of allylic oxidation sites excluding steroid dienone is 1. The molecule has 0 saturated heterocycles. The van der Waals surface area contributed by atoms with Gasteiger partial charge in [-0.2, -0.15) is 0 Å². The van der Waals surface area contributed by atoms with Crippen LogP contribution in [0.15, 0.2) is 17.3 Å². The number of hydrogen-bond donors (Lipinski definition) is 0. The molecule has 0 spiro atoms. The quantitative estimate of drug-likeness (QED) is 0.531. The standard InChI is InChI=1S/C7H11NOS/c1-6(2)10(9)7-4-3-5-8-7/h3,5-6H,4H2,1-2H3. The molecular formula is C7H11NOS. The van der Waals surface area contributed by atoms with E-state index in [9.17, 15) is 4.55 Å². The number of rotatable bonds is 1. The second-order valence-corrected chi connectivity index (χ2v) is 4.47. The van der Waals surface area contributed by atoms with Gasteiger partial charge in [-0.05, 0) is 13.8 Å². The molecule has 2 nitrogen and oxygen atoms in total. The van der Waals surface area contributed by atoms with E-state index in [0.29, 0.717) is 0 Å². The molecule has 1 aliphatic rings. The first-order valence-electron chi connectivity index (χ1n) is 3.34. The first kappa shape index (κ1) is 7.82. The van der Waals surface area contributed by atoms with Crippen molar-refractivity contribution < 1.29 is 4.55 Å². The minimum absolute atomic E-state index is 0.193. The lowest BCUT2D eigenvalue weighted by Crippen LogP contribution is -2.22. The molecule has 56 valence electrons. The van der Waals surface area contributed by atoms with Gasteiger partial charge in [0.15, 0.2) is 0 Å². The van der Waals surface area contributed by atoms with Crippen LogP contribution >= 0.6 is 0 Å². The predicted octanol–water partition coefficient (Wildman–Crippen LogP) is 1.46. The zero-order valence-electron chi connectivity index (χ0n) is 6.20. The number of aliphatic imine (C=N–C) groups is 1. The fraction of sp³-hybridized carbons (Fsp3) is 0.571. The third-order valence-electron chi connectivity index (χ3n) is 1.28. The summed E-state index contributed by atoms with van der Waals surface area (Å²) in [5.41, 5.74) is 0. The Balaban J connectivity index is 2.50. The third kappa shape index (κ3) is 1.61. The molecule has 0 amide bonds. The van der Waals surface area contributed by atoms with Gasteiger partial charge < -0.3 is 4.55 Å². The highest BCUT2D eigenvalue weighted by Gasteiger charge is 2.20. The Labute approximate surface area is 64.2 Å². The first-order valence-corrected chi connectivity index (χ1v) is 4.55. The lowest BCUT2D eigenvalue weighted by molar-refractivity contribution is 0.598. The van der Waals surface area contributed by atoms with Crippen molar-refractivity contribution in [3.05, 3.63) is 12.3 Å². The minimum Gasteiger partial charge on any atom is -0.610 e. The van der Waals surface area contributed by atoms with Gasteiger partial charge in [0.2, 0.25) is 5.04 Å². The molecule has 0 radical (unpaired) electrons. The molecule has 3 heteroatoms. The van der Waals surface area contributed by atoms with Crippen molar-refractivity contribution >= 4 is 16.2 Å². The van der Waals surface area contributed by atoms with Gasteiger partial charge >= 0.3 is 0 Å². The summed E-state index contributed by atoms with van der Waals surface area (Å²) in [5.74, 6) is 0. The van der Waals surface area contributed by atoms with Crippen molar-refractivity contribution in [3.63, 3.8) is 0 Å². The van der Waals surface area contributed by atoms with Crippen LogP contribution in [0, 0.1) is 0 Å². The molecule has 0 aromatic rings. The van der Waals surface area contributed by atoms with E-state index in [-0.39, 0.29) is 5.25 Å². The molecule has 1 heterocycles. The second kappa shape index (κ2) is 3.21. The maximum Gasteiger partial charge on any atom is 0.224 e. The predicted molar refractivity (Wildman–Crippen MR) is 44.5 cm³/mol. The zero-order chi connectivity index (χ0) is 7.56. The van der Waals surface area contributed by atoms with Crippen molar-refractivity contribution in [2.45, 2.75) is 25.5 Å². The minimum atomic E-state index is -0.860. The maximum atomic E-state index is 11.3. The summed E-state index contributed by atoms with van der Waals surface area (Å²) in [6, 6.07) is 0. The highest BCUT2D eigenvalue weighted by atomic mass is 32.2. The van der Waals surface area contributed by atoms with Crippen LogP contribution in [0.3, 0.4) is 0 Å². The van der Waals surface area contributed by atoms with Crippen molar-refractivity contribution in [3.8, 4) is 0 Å². The van der Waals surface area contributed by atoms with Crippen LogP contribution in [0.25, 0.3) is 0 Å². The molecule has 1 aliphatic heterocycles. The Kier molecular flexibility index (Phi) is 2.51. The summed E-state index contributed by atoms with van der Waals surface area (Å²) >= 11 is -0.860. The molecule has 0 bridgehead atoms. The highest BCUT2D eigenvalue weighted by Crippen LogP contribution is 2.11. The van der Waals surface area contributed by atoms with Gasteiger partial charge in [0.1, 0.15) is 5.25 Å². The molecule has 0 aromatic carbocycles. The molecule has 0 aromatic heterocycles. The fourth-order valence-corrected chi connectivity index (χ4v) is 1.72. The monoisotopic (exact) mass is 157 g/mol.